The SMILES string of the molecule is CB(O)N1CCC(C#N)(c2ccccc2C)CC1. The molecule has 0 unspecified atom stereocenters. The van der Waals surface area contributed by atoms with Gasteiger partial charge >= 0.3 is 7.05 Å². The molecule has 0 radical (unpaired) electrons. The molecule has 1 aromatic rings. The molecule has 1 aliphatic heterocycles. The van der Waals surface area contributed by atoms with Crippen molar-refractivity contribution in [2.45, 2.75) is 32.0 Å². The third-order valence-electron chi connectivity index (χ3n) is 4.05. The van der Waals surface area contributed by atoms with Crippen LogP contribution in [0.15, 0.2) is 24.3 Å². The molecule has 1 heterocycles. The van der Waals surface area contributed by atoms with Crippen LogP contribution >= 0.6 is 0 Å². The second-order valence-corrected chi connectivity index (χ2v) is 5.18. The summed E-state index contributed by atoms with van der Waals surface area (Å²) >= 11 is 0. The second kappa shape index (κ2) is 5.13. The van der Waals surface area contributed by atoms with E-state index < -0.39 is 7.05 Å². The quantitative estimate of drug-likeness (QED) is 0.806. The van der Waals surface area contributed by atoms with E-state index in [1.807, 2.05) is 16.9 Å². The number of nitrogens with zero attached hydrogens (tertiary/aromatic N) is 2. The van der Waals surface area contributed by atoms with Gasteiger partial charge in [0.05, 0.1) is 11.5 Å². The van der Waals surface area contributed by atoms with Crippen LogP contribution in [0.3, 0.4) is 0 Å². The van der Waals surface area contributed by atoms with E-state index in [1.54, 1.807) is 6.82 Å². The van der Waals surface area contributed by atoms with Crippen LogP contribution in [0, 0.1) is 18.3 Å². The van der Waals surface area contributed by atoms with Crippen molar-refractivity contribution in [1.29, 1.82) is 5.26 Å². The summed E-state index contributed by atoms with van der Waals surface area (Å²) in [5.41, 5.74) is 1.96. The van der Waals surface area contributed by atoms with Gasteiger partial charge in [0.15, 0.2) is 0 Å². The summed E-state index contributed by atoms with van der Waals surface area (Å²) in [5, 5.41) is 19.2. The largest absolute Gasteiger partial charge is 0.437 e. The standard InChI is InChI=1S/C14H19BN2O/c1-12-5-3-4-6-13(12)14(11-16)7-9-17(10-8-14)15(2)18/h3-6,18H,7-10H2,1-2H3. The zero-order valence-corrected chi connectivity index (χ0v) is 11.1. The van der Waals surface area contributed by atoms with Gasteiger partial charge in [-0.15, -0.1) is 0 Å². The predicted molar refractivity (Wildman–Crippen MR) is 73.1 cm³/mol. The number of benzene rings is 1. The summed E-state index contributed by atoms with van der Waals surface area (Å²) < 4.78 is 0. The minimum Gasteiger partial charge on any atom is -0.437 e. The first kappa shape index (κ1) is 13.1. The Morgan fingerprint density at radius 1 is 1.33 bits per heavy atom. The third-order valence-corrected chi connectivity index (χ3v) is 4.05. The molecule has 1 saturated heterocycles. The maximum Gasteiger partial charge on any atom is 0.376 e. The second-order valence-electron chi connectivity index (χ2n) is 5.18. The zero-order chi connectivity index (χ0) is 13.2. The Bertz CT molecular complexity index is 459. The summed E-state index contributed by atoms with van der Waals surface area (Å²) in [6.07, 6.45) is 1.58. The summed E-state index contributed by atoms with van der Waals surface area (Å²) in [6.45, 7) is 5.40. The van der Waals surface area contributed by atoms with Crippen molar-refractivity contribution in [1.82, 2.24) is 4.81 Å². The molecule has 0 amide bonds. The Balaban J connectivity index is 2.25. The fourth-order valence-corrected chi connectivity index (χ4v) is 2.83. The Morgan fingerprint density at radius 2 is 1.94 bits per heavy atom. The van der Waals surface area contributed by atoms with E-state index in [0.29, 0.717) is 0 Å². The number of aryl methyl sites for hydroxylation is 1. The van der Waals surface area contributed by atoms with Crippen molar-refractivity contribution < 1.29 is 5.02 Å². The van der Waals surface area contributed by atoms with E-state index in [-0.39, 0.29) is 5.41 Å². The fourth-order valence-electron chi connectivity index (χ4n) is 2.83. The molecule has 1 N–H and O–H groups in total. The molecule has 1 aromatic carbocycles. The molecular formula is C14H19BN2O. The molecule has 3 nitrogen and oxygen atoms in total. The van der Waals surface area contributed by atoms with Gasteiger partial charge in [0.2, 0.25) is 0 Å². The average molecular weight is 242 g/mol. The molecule has 18 heavy (non-hydrogen) atoms. The molecule has 0 saturated carbocycles. The highest BCUT2D eigenvalue weighted by Gasteiger charge is 2.38. The maximum atomic E-state index is 9.61. The van der Waals surface area contributed by atoms with Gasteiger partial charge in [-0.25, -0.2) is 0 Å². The Hall–Kier alpha value is -1.31. The minimum atomic E-state index is -0.418. The predicted octanol–water partition coefficient (Wildman–Crippen LogP) is 1.96. The maximum absolute atomic E-state index is 9.61. The number of piperidine rings is 1. The van der Waals surface area contributed by atoms with E-state index in [9.17, 15) is 10.3 Å². The van der Waals surface area contributed by atoms with Gasteiger partial charge in [-0.05, 0) is 50.8 Å². The highest BCUT2D eigenvalue weighted by Crippen LogP contribution is 2.36. The molecule has 0 atom stereocenters. The number of rotatable bonds is 2. The molecule has 1 aliphatic rings. The Kier molecular flexibility index (Phi) is 3.75. The number of hydrogen-bond donors (Lipinski definition) is 1. The lowest BCUT2D eigenvalue weighted by molar-refractivity contribution is 0.253. The smallest absolute Gasteiger partial charge is 0.376 e. The minimum absolute atomic E-state index is 0.378. The molecule has 0 aromatic heterocycles. The van der Waals surface area contributed by atoms with Crippen LogP contribution in [-0.2, 0) is 5.41 Å². The lowest BCUT2D eigenvalue weighted by atomic mass is 9.70. The van der Waals surface area contributed by atoms with Gasteiger partial charge in [-0.1, -0.05) is 24.3 Å². The summed E-state index contributed by atoms with van der Waals surface area (Å²) in [5.74, 6) is 0. The van der Waals surface area contributed by atoms with Gasteiger partial charge in [0, 0.05) is 0 Å². The third kappa shape index (κ3) is 2.29. The zero-order valence-electron chi connectivity index (χ0n) is 11.1. The monoisotopic (exact) mass is 242 g/mol. The summed E-state index contributed by atoms with van der Waals surface area (Å²) in [7, 11) is -0.418. The molecule has 0 aliphatic carbocycles. The van der Waals surface area contributed by atoms with Gasteiger partial charge in [-0.3, -0.25) is 0 Å². The van der Waals surface area contributed by atoms with E-state index in [0.717, 1.165) is 31.5 Å². The number of hydrogen-bond acceptors (Lipinski definition) is 3. The molecule has 0 bridgehead atoms. The van der Waals surface area contributed by atoms with Crippen molar-refractivity contribution in [2.75, 3.05) is 13.1 Å². The highest BCUT2D eigenvalue weighted by molar-refractivity contribution is 6.45. The Labute approximate surface area is 109 Å². The van der Waals surface area contributed by atoms with Crippen LogP contribution in [0.25, 0.3) is 0 Å². The van der Waals surface area contributed by atoms with Crippen LogP contribution < -0.4 is 0 Å². The molecule has 1 fully saturated rings. The molecule has 2 rings (SSSR count). The summed E-state index contributed by atoms with van der Waals surface area (Å²) in [4.78, 5) is 2.02. The molecule has 0 spiro atoms. The van der Waals surface area contributed by atoms with E-state index in [1.165, 1.54) is 5.56 Å². The summed E-state index contributed by atoms with van der Waals surface area (Å²) in [6, 6.07) is 10.7. The van der Waals surface area contributed by atoms with Crippen molar-refractivity contribution in [3.05, 3.63) is 35.4 Å². The van der Waals surface area contributed by atoms with Crippen molar-refractivity contribution in [3.63, 3.8) is 0 Å². The van der Waals surface area contributed by atoms with Gasteiger partial charge in [0.25, 0.3) is 0 Å². The van der Waals surface area contributed by atoms with Crippen molar-refractivity contribution in [2.24, 2.45) is 0 Å². The first-order valence-electron chi connectivity index (χ1n) is 6.48. The lowest BCUT2D eigenvalue weighted by Gasteiger charge is -2.38. The van der Waals surface area contributed by atoms with Gasteiger partial charge in [0.1, 0.15) is 0 Å². The van der Waals surface area contributed by atoms with Crippen molar-refractivity contribution in [3.8, 4) is 6.07 Å². The topological polar surface area (TPSA) is 47.3 Å². The normalized spacial score (nSPS) is 19.2. The first-order chi connectivity index (χ1) is 8.59. The molecular weight excluding hydrogens is 223 g/mol. The van der Waals surface area contributed by atoms with Crippen LogP contribution in [0.4, 0.5) is 0 Å². The lowest BCUT2D eigenvalue weighted by Crippen LogP contribution is -2.47. The highest BCUT2D eigenvalue weighted by atomic mass is 16.2. The first-order valence-corrected chi connectivity index (χ1v) is 6.48. The van der Waals surface area contributed by atoms with Crippen LogP contribution in [0.1, 0.15) is 24.0 Å². The van der Waals surface area contributed by atoms with Gasteiger partial charge < -0.3 is 9.83 Å². The Morgan fingerprint density at radius 3 is 2.44 bits per heavy atom. The average Bonchev–Trinajstić information content (AvgIpc) is 2.39. The number of nitriles is 1. The van der Waals surface area contributed by atoms with E-state index >= 15 is 0 Å². The van der Waals surface area contributed by atoms with E-state index in [2.05, 4.69) is 25.1 Å². The van der Waals surface area contributed by atoms with E-state index in [4.69, 9.17) is 0 Å². The van der Waals surface area contributed by atoms with Crippen LogP contribution in [0.2, 0.25) is 6.82 Å². The van der Waals surface area contributed by atoms with Crippen molar-refractivity contribution >= 4 is 7.05 Å². The van der Waals surface area contributed by atoms with Crippen LogP contribution in [0.5, 0.6) is 0 Å². The fraction of sp³-hybridized carbons (Fsp3) is 0.500. The molecule has 94 valence electrons. The molecule has 4 heteroatoms. The van der Waals surface area contributed by atoms with Crippen LogP contribution in [-0.4, -0.2) is 30.0 Å². The van der Waals surface area contributed by atoms with Gasteiger partial charge in [-0.2, -0.15) is 5.26 Å².